The predicted octanol–water partition coefficient (Wildman–Crippen LogP) is 6.92. The third-order valence-corrected chi connectivity index (χ3v) is 9.49. The number of carbonyl (C=O) groups excluding carboxylic acids is 1. The third kappa shape index (κ3) is 6.25. The molecule has 0 radical (unpaired) electrons. The molecular weight excluding hydrogens is 462 g/mol. The number of aromatic nitrogens is 1. The molecule has 1 aromatic heterocycles. The molecule has 6 rings (SSSR count). The first-order valence-corrected chi connectivity index (χ1v) is 14.3. The monoisotopic (exact) mass is 503 g/mol. The lowest BCUT2D eigenvalue weighted by Gasteiger charge is -2.53. The standard InChI is InChI=1S/C32H41NO4/c1-20(26-5-7-27(8-6-26)31(34)35)13-23(4-3-22-9-11-33-12-10-22)14-21(2)32(36)37-30-28-16-24-15-25(18-28)19-29(30)17-24/h5-12,20-21,23-25,28-30H,3-4,13-19H2,1-2H3,(H,34,35). The number of benzene rings is 1. The van der Waals surface area contributed by atoms with Crippen molar-refractivity contribution in [2.24, 2.45) is 35.5 Å². The molecule has 4 aliphatic rings. The summed E-state index contributed by atoms with van der Waals surface area (Å²) in [5.41, 5.74) is 2.72. The van der Waals surface area contributed by atoms with Crippen LogP contribution in [0.5, 0.6) is 0 Å². The Balaban J connectivity index is 1.22. The summed E-state index contributed by atoms with van der Waals surface area (Å²) in [6.45, 7) is 4.25. The maximum Gasteiger partial charge on any atom is 0.335 e. The second kappa shape index (κ2) is 11.4. The second-order valence-electron chi connectivity index (χ2n) is 12.3. The molecule has 5 nitrogen and oxygen atoms in total. The van der Waals surface area contributed by atoms with E-state index in [9.17, 15) is 14.7 Å². The lowest BCUT2D eigenvalue weighted by molar-refractivity contribution is -0.175. The fourth-order valence-corrected chi connectivity index (χ4v) is 7.76. The zero-order chi connectivity index (χ0) is 25.9. The van der Waals surface area contributed by atoms with Crippen molar-refractivity contribution in [1.82, 2.24) is 4.98 Å². The van der Waals surface area contributed by atoms with Gasteiger partial charge in [-0.1, -0.05) is 26.0 Å². The summed E-state index contributed by atoms with van der Waals surface area (Å²) >= 11 is 0. The first-order valence-electron chi connectivity index (χ1n) is 14.3. The van der Waals surface area contributed by atoms with E-state index in [1.54, 1.807) is 12.1 Å². The number of esters is 1. The van der Waals surface area contributed by atoms with Crippen LogP contribution in [0.25, 0.3) is 0 Å². The highest BCUT2D eigenvalue weighted by atomic mass is 16.5. The van der Waals surface area contributed by atoms with Gasteiger partial charge in [0.05, 0.1) is 11.5 Å². The number of rotatable bonds is 11. The van der Waals surface area contributed by atoms with Crippen molar-refractivity contribution in [3.8, 4) is 0 Å². The predicted molar refractivity (Wildman–Crippen MR) is 143 cm³/mol. The molecule has 3 unspecified atom stereocenters. The first kappa shape index (κ1) is 25.9. The van der Waals surface area contributed by atoms with E-state index >= 15 is 0 Å². The van der Waals surface area contributed by atoms with Crippen molar-refractivity contribution in [3.63, 3.8) is 0 Å². The van der Waals surface area contributed by atoms with Crippen molar-refractivity contribution in [3.05, 3.63) is 65.5 Å². The average molecular weight is 504 g/mol. The van der Waals surface area contributed by atoms with Gasteiger partial charge in [0, 0.05) is 12.4 Å². The molecule has 4 aliphatic carbocycles. The Kier molecular flexibility index (Phi) is 7.97. The minimum Gasteiger partial charge on any atom is -0.478 e. The molecule has 0 aliphatic heterocycles. The molecule has 1 N–H and O–H groups in total. The van der Waals surface area contributed by atoms with Crippen molar-refractivity contribution in [1.29, 1.82) is 0 Å². The Hall–Kier alpha value is -2.69. The van der Waals surface area contributed by atoms with Gasteiger partial charge in [0.1, 0.15) is 6.10 Å². The van der Waals surface area contributed by atoms with E-state index in [-0.39, 0.29) is 23.9 Å². The zero-order valence-corrected chi connectivity index (χ0v) is 22.2. The van der Waals surface area contributed by atoms with Gasteiger partial charge in [-0.05, 0) is 129 Å². The molecule has 0 amide bonds. The number of hydrogen-bond acceptors (Lipinski definition) is 4. The van der Waals surface area contributed by atoms with Crippen molar-refractivity contribution in [2.45, 2.75) is 83.7 Å². The van der Waals surface area contributed by atoms with Crippen molar-refractivity contribution in [2.75, 3.05) is 0 Å². The zero-order valence-electron chi connectivity index (χ0n) is 22.2. The fraction of sp³-hybridized carbons (Fsp3) is 0.594. The number of nitrogens with zero attached hydrogens (tertiary/aromatic N) is 1. The van der Waals surface area contributed by atoms with Gasteiger partial charge in [0.25, 0.3) is 0 Å². The fourth-order valence-electron chi connectivity index (χ4n) is 7.76. The summed E-state index contributed by atoms with van der Waals surface area (Å²) in [4.78, 5) is 28.7. The largest absolute Gasteiger partial charge is 0.478 e. The van der Waals surface area contributed by atoms with Crippen LogP contribution in [0, 0.1) is 35.5 Å². The van der Waals surface area contributed by atoms with Crippen LogP contribution in [0.1, 0.15) is 92.6 Å². The topological polar surface area (TPSA) is 76.5 Å². The summed E-state index contributed by atoms with van der Waals surface area (Å²) in [5, 5.41) is 9.23. The highest BCUT2D eigenvalue weighted by Gasteiger charge is 2.50. The third-order valence-electron chi connectivity index (χ3n) is 9.49. The molecule has 5 heteroatoms. The molecular formula is C32H41NO4. The van der Waals surface area contributed by atoms with Gasteiger partial charge in [0.15, 0.2) is 0 Å². The molecule has 0 spiro atoms. The van der Waals surface area contributed by atoms with Gasteiger partial charge < -0.3 is 9.84 Å². The van der Waals surface area contributed by atoms with E-state index in [0.29, 0.717) is 23.3 Å². The van der Waals surface area contributed by atoms with Crippen LogP contribution in [-0.4, -0.2) is 28.1 Å². The molecule has 198 valence electrons. The number of aromatic carboxylic acids is 1. The number of carbonyl (C=O) groups is 2. The molecule has 3 atom stereocenters. The average Bonchev–Trinajstić information content (AvgIpc) is 2.89. The van der Waals surface area contributed by atoms with Crippen LogP contribution in [0.4, 0.5) is 0 Å². The van der Waals surface area contributed by atoms with E-state index in [1.807, 2.05) is 31.5 Å². The van der Waals surface area contributed by atoms with Crippen LogP contribution in [0.2, 0.25) is 0 Å². The lowest BCUT2D eigenvalue weighted by atomic mass is 9.55. The van der Waals surface area contributed by atoms with Crippen LogP contribution < -0.4 is 0 Å². The molecule has 4 bridgehead atoms. The maximum absolute atomic E-state index is 13.3. The van der Waals surface area contributed by atoms with Crippen LogP contribution in [-0.2, 0) is 16.0 Å². The van der Waals surface area contributed by atoms with E-state index in [0.717, 1.165) is 43.1 Å². The number of pyridine rings is 1. The van der Waals surface area contributed by atoms with E-state index in [2.05, 4.69) is 24.0 Å². The molecule has 2 aromatic rings. The summed E-state index contributed by atoms with van der Waals surface area (Å²) in [6.07, 6.45) is 14.0. The van der Waals surface area contributed by atoms with Gasteiger partial charge in [0.2, 0.25) is 0 Å². The quantitative estimate of drug-likeness (QED) is 0.337. The van der Waals surface area contributed by atoms with Crippen LogP contribution in [0.15, 0.2) is 48.8 Å². The van der Waals surface area contributed by atoms with E-state index < -0.39 is 5.97 Å². The minimum absolute atomic E-state index is 0.00940. The molecule has 4 saturated carbocycles. The van der Waals surface area contributed by atoms with Gasteiger partial charge in [-0.2, -0.15) is 0 Å². The minimum atomic E-state index is -0.902. The normalized spacial score (nSPS) is 28.4. The molecule has 37 heavy (non-hydrogen) atoms. The van der Waals surface area contributed by atoms with Gasteiger partial charge in [-0.15, -0.1) is 0 Å². The highest BCUT2D eigenvalue weighted by Crippen LogP contribution is 2.54. The molecule has 4 fully saturated rings. The Labute approximate surface area is 221 Å². The van der Waals surface area contributed by atoms with Crippen LogP contribution >= 0.6 is 0 Å². The first-order chi connectivity index (χ1) is 17.9. The highest BCUT2D eigenvalue weighted by molar-refractivity contribution is 5.87. The lowest BCUT2D eigenvalue weighted by Crippen LogP contribution is -2.50. The Bertz CT molecular complexity index is 1040. The van der Waals surface area contributed by atoms with Gasteiger partial charge in [-0.3, -0.25) is 9.78 Å². The molecule has 1 heterocycles. The number of ether oxygens (including phenoxy) is 1. The second-order valence-corrected chi connectivity index (χ2v) is 12.3. The number of carboxylic acid groups (broad SMARTS) is 1. The number of aryl methyl sites for hydroxylation is 1. The number of carboxylic acids is 1. The Morgan fingerprint density at radius 1 is 0.919 bits per heavy atom. The SMILES string of the molecule is CC(CC(CCc1ccncc1)CC(C)c1ccc(C(=O)O)cc1)C(=O)OC1C2CC3CC(C2)CC1C3. The van der Waals surface area contributed by atoms with Crippen LogP contribution in [0.3, 0.4) is 0 Å². The van der Waals surface area contributed by atoms with Crippen molar-refractivity contribution >= 4 is 11.9 Å². The molecule has 0 saturated heterocycles. The summed E-state index contributed by atoms with van der Waals surface area (Å²) in [6, 6.07) is 11.4. The number of hydrogen-bond donors (Lipinski definition) is 1. The summed E-state index contributed by atoms with van der Waals surface area (Å²) in [5.74, 6) is 2.53. The van der Waals surface area contributed by atoms with Gasteiger partial charge in [-0.25, -0.2) is 4.79 Å². The Morgan fingerprint density at radius 2 is 1.54 bits per heavy atom. The summed E-state index contributed by atoms with van der Waals surface area (Å²) in [7, 11) is 0. The Morgan fingerprint density at radius 3 is 2.14 bits per heavy atom. The maximum atomic E-state index is 13.3. The van der Waals surface area contributed by atoms with E-state index in [1.165, 1.54) is 37.7 Å². The molecule has 1 aromatic carbocycles. The van der Waals surface area contributed by atoms with E-state index in [4.69, 9.17) is 4.74 Å². The smallest absolute Gasteiger partial charge is 0.335 e. The van der Waals surface area contributed by atoms with Crippen molar-refractivity contribution < 1.29 is 19.4 Å². The van der Waals surface area contributed by atoms with Gasteiger partial charge >= 0.3 is 11.9 Å². The summed E-state index contributed by atoms with van der Waals surface area (Å²) < 4.78 is 6.28.